The van der Waals surface area contributed by atoms with Crippen LogP contribution < -0.4 is 16.8 Å². The first-order valence-corrected chi connectivity index (χ1v) is 9.05. The summed E-state index contributed by atoms with van der Waals surface area (Å²) in [5, 5.41) is 0.0848. The number of carbonyl (C=O) groups is 1. The van der Waals surface area contributed by atoms with Gasteiger partial charge in [-0.3, -0.25) is 4.57 Å². The number of nitrogens with two attached hydrogens (primary N) is 2. The zero-order valence-electron chi connectivity index (χ0n) is 14.0. The predicted octanol–water partition coefficient (Wildman–Crippen LogP) is 2.56. The van der Waals surface area contributed by atoms with Crippen molar-refractivity contribution in [1.29, 1.82) is 0 Å². The maximum Gasteiger partial charge on any atom is 0.365 e. The van der Waals surface area contributed by atoms with Gasteiger partial charge in [0.25, 0.3) is 0 Å². The second-order valence-corrected chi connectivity index (χ2v) is 7.29. The number of ether oxygens (including phenoxy) is 1. The second kappa shape index (κ2) is 8.34. The van der Waals surface area contributed by atoms with Crippen molar-refractivity contribution in [2.75, 3.05) is 31.3 Å². The Balaban J connectivity index is 3.19. The molecular formula is C15H25N2O5P. The van der Waals surface area contributed by atoms with E-state index in [0.29, 0.717) is 0 Å². The van der Waals surface area contributed by atoms with E-state index in [2.05, 4.69) is 0 Å². The molecule has 0 amide bonds. The number of esters is 1. The van der Waals surface area contributed by atoms with Crippen LogP contribution in [0, 0.1) is 5.92 Å². The number of hydrogen-bond donors (Lipinski definition) is 2. The van der Waals surface area contributed by atoms with Crippen LogP contribution in [0.4, 0.5) is 11.4 Å². The molecule has 1 rings (SSSR count). The van der Waals surface area contributed by atoms with E-state index < -0.39 is 13.6 Å². The lowest BCUT2D eigenvalue weighted by Gasteiger charge is -2.21. The van der Waals surface area contributed by atoms with Gasteiger partial charge in [-0.25, -0.2) is 4.79 Å². The second-order valence-electron chi connectivity index (χ2n) is 5.33. The van der Waals surface area contributed by atoms with Gasteiger partial charge in [-0.15, -0.1) is 0 Å². The summed E-state index contributed by atoms with van der Waals surface area (Å²) in [4.78, 5) is 12.0. The van der Waals surface area contributed by atoms with Crippen molar-refractivity contribution in [3.63, 3.8) is 0 Å². The van der Waals surface area contributed by atoms with Crippen LogP contribution in [0.25, 0.3) is 0 Å². The molecule has 0 spiro atoms. The van der Waals surface area contributed by atoms with E-state index in [1.807, 2.05) is 13.8 Å². The summed E-state index contributed by atoms with van der Waals surface area (Å²) in [5.74, 6) is -0.324. The third-order valence-electron chi connectivity index (χ3n) is 2.82. The number of anilines is 2. The lowest BCUT2D eigenvalue weighted by molar-refractivity contribution is 0.0459. The Kier molecular flexibility index (Phi) is 7.06. The Hall–Kier alpha value is -1.56. The minimum atomic E-state index is -3.63. The minimum Gasteiger partial charge on any atom is -0.462 e. The molecule has 7 nitrogen and oxygen atoms in total. The molecule has 0 aliphatic heterocycles. The number of benzene rings is 1. The average molecular weight is 344 g/mol. The monoisotopic (exact) mass is 344 g/mol. The Bertz CT molecular complexity index is 571. The zero-order chi connectivity index (χ0) is 17.6. The summed E-state index contributed by atoms with van der Waals surface area (Å²) < 4.78 is 28.5. The van der Waals surface area contributed by atoms with E-state index in [1.54, 1.807) is 13.8 Å². The minimum absolute atomic E-state index is 0.0757. The molecule has 0 aliphatic carbocycles. The Morgan fingerprint density at radius 3 is 2.00 bits per heavy atom. The Labute approximate surface area is 136 Å². The van der Waals surface area contributed by atoms with E-state index in [0.717, 1.165) is 0 Å². The number of hydrogen-bond acceptors (Lipinski definition) is 7. The van der Waals surface area contributed by atoms with Gasteiger partial charge in [-0.1, -0.05) is 13.8 Å². The number of carbonyl (C=O) groups excluding carboxylic acids is 1. The first kappa shape index (κ1) is 19.5. The molecule has 0 aromatic heterocycles. The smallest absolute Gasteiger partial charge is 0.365 e. The lowest BCUT2D eigenvalue weighted by Crippen LogP contribution is -2.21. The van der Waals surface area contributed by atoms with Crippen LogP contribution in [0.3, 0.4) is 0 Å². The third-order valence-corrected chi connectivity index (χ3v) is 5.08. The molecule has 130 valence electrons. The van der Waals surface area contributed by atoms with Gasteiger partial charge in [0.05, 0.1) is 25.4 Å². The average Bonchev–Trinajstić information content (AvgIpc) is 2.44. The molecule has 1 aromatic rings. The molecule has 0 atom stereocenters. The summed E-state index contributed by atoms with van der Waals surface area (Å²) >= 11 is 0. The van der Waals surface area contributed by atoms with E-state index in [1.165, 1.54) is 12.1 Å². The molecule has 4 N–H and O–H groups in total. The van der Waals surface area contributed by atoms with Crippen LogP contribution in [0.5, 0.6) is 0 Å². The molecule has 0 saturated heterocycles. The van der Waals surface area contributed by atoms with Gasteiger partial charge in [-0.05, 0) is 31.9 Å². The van der Waals surface area contributed by atoms with Gasteiger partial charge < -0.3 is 25.3 Å². The van der Waals surface area contributed by atoms with Gasteiger partial charge in [-0.2, -0.15) is 0 Å². The van der Waals surface area contributed by atoms with Crippen molar-refractivity contribution >= 4 is 30.2 Å². The molecule has 0 unspecified atom stereocenters. The highest BCUT2D eigenvalue weighted by molar-refractivity contribution is 7.63. The van der Waals surface area contributed by atoms with Gasteiger partial charge in [0.15, 0.2) is 0 Å². The lowest BCUT2D eigenvalue weighted by atomic mass is 10.1. The van der Waals surface area contributed by atoms with E-state index in [4.69, 9.17) is 25.3 Å². The van der Waals surface area contributed by atoms with Crippen LogP contribution in [-0.2, 0) is 18.3 Å². The quantitative estimate of drug-likeness (QED) is 0.423. The van der Waals surface area contributed by atoms with Crippen LogP contribution in [0.1, 0.15) is 38.1 Å². The van der Waals surface area contributed by atoms with Gasteiger partial charge in [0.1, 0.15) is 5.30 Å². The molecule has 0 bridgehead atoms. The maximum absolute atomic E-state index is 12.8. The highest BCUT2D eigenvalue weighted by atomic mass is 31.2. The SMILES string of the molecule is CCOP(=O)(OCC)c1c(N)cc(C(=O)OCC(C)C)cc1N. The van der Waals surface area contributed by atoms with Crippen molar-refractivity contribution in [1.82, 2.24) is 0 Å². The van der Waals surface area contributed by atoms with Crippen LogP contribution >= 0.6 is 7.60 Å². The molecule has 8 heteroatoms. The first-order chi connectivity index (χ1) is 10.7. The third kappa shape index (κ3) is 4.96. The summed E-state index contributed by atoms with van der Waals surface area (Å²) in [6, 6.07) is 2.75. The zero-order valence-corrected chi connectivity index (χ0v) is 14.9. The molecule has 0 heterocycles. The van der Waals surface area contributed by atoms with E-state index >= 15 is 0 Å². The van der Waals surface area contributed by atoms with Crippen LogP contribution in [0.2, 0.25) is 0 Å². The molecular weight excluding hydrogens is 319 g/mol. The maximum atomic E-state index is 12.8. The van der Waals surface area contributed by atoms with E-state index in [-0.39, 0.29) is 48.0 Å². The predicted molar refractivity (Wildman–Crippen MR) is 90.9 cm³/mol. The van der Waals surface area contributed by atoms with Crippen molar-refractivity contribution < 1.29 is 23.1 Å². The summed E-state index contributed by atoms with van der Waals surface area (Å²) in [7, 11) is -3.63. The highest BCUT2D eigenvalue weighted by Crippen LogP contribution is 2.50. The topological polar surface area (TPSA) is 114 Å². The van der Waals surface area contributed by atoms with Gasteiger partial charge in [0.2, 0.25) is 0 Å². The van der Waals surface area contributed by atoms with Crippen molar-refractivity contribution in [2.45, 2.75) is 27.7 Å². The normalized spacial score (nSPS) is 11.7. The summed E-state index contributed by atoms with van der Waals surface area (Å²) in [6.45, 7) is 7.88. The standard InChI is InChI=1S/C15H25N2O5P/c1-5-21-23(19,22-6-2)14-12(16)7-11(8-13(14)17)15(18)20-9-10(3)4/h7-8,10H,5-6,9,16-17H2,1-4H3. The fourth-order valence-corrected chi connectivity index (χ4v) is 3.72. The fraction of sp³-hybridized carbons (Fsp3) is 0.533. The molecule has 0 saturated carbocycles. The molecule has 1 aromatic carbocycles. The van der Waals surface area contributed by atoms with Gasteiger partial charge in [0, 0.05) is 11.4 Å². The largest absolute Gasteiger partial charge is 0.462 e. The Morgan fingerprint density at radius 1 is 1.13 bits per heavy atom. The number of nitrogen functional groups attached to an aromatic ring is 2. The van der Waals surface area contributed by atoms with Crippen LogP contribution in [-0.4, -0.2) is 25.8 Å². The van der Waals surface area contributed by atoms with E-state index in [9.17, 15) is 9.36 Å². The highest BCUT2D eigenvalue weighted by Gasteiger charge is 2.32. The van der Waals surface area contributed by atoms with Gasteiger partial charge >= 0.3 is 13.6 Å². The summed E-state index contributed by atoms with van der Waals surface area (Å²) in [5.41, 5.74) is 12.2. The molecule has 0 radical (unpaired) electrons. The summed E-state index contributed by atoms with van der Waals surface area (Å²) in [6.07, 6.45) is 0. The molecule has 0 fully saturated rings. The van der Waals surface area contributed by atoms with Crippen LogP contribution in [0.15, 0.2) is 12.1 Å². The molecule has 23 heavy (non-hydrogen) atoms. The van der Waals surface area contributed by atoms with Crippen molar-refractivity contribution in [3.05, 3.63) is 17.7 Å². The number of rotatable bonds is 8. The Morgan fingerprint density at radius 2 is 1.61 bits per heavy atom. The molecule has 0 aliphatic rings. The van der Waals surface area contributed by atoms with Crippen molar-refractivity contribution in [3.8, 4) is 0 Å². The first-order valence-electron chi connectivity index (χ1n) is 7.50. The fourth-order valence-electron chi connectivity index (χ4n) is 1.95. The van der Waals surface area contributed by atoms with Crippen molar-refractivity contribution in [2.24, 2.45) is 5.92 Å².